The second kappa shape index (κ2) is 4.80. The van der Waals surface area contributed by atoms with E-state index in [2.05, 4.69) is 0 Å². The Morgan fingerprint density at radius 2 is 1.74 bits per heavy atom. The van der Waals surface area contributed by atoms with Crippen molar-refractivity contribution in [3.8, 4) is 0 Å². The van der Waals surface area contributed by atoms with Crippen LogP contribution in [-0.2, 0) is 0 Å². The van der Waals surface area contributed by atoms with Crippen LogP contribution >= 0.6 is 0 Å². The summed E-state index contributed by atoms with van der Waals surface area (Å²) in [6.45, 7) is 0.978. The van der Waals surface area contributed by atoms with Gasteiger partial charge in [0.1, 0.15) is 0 Å². The first-order valence-corrected chi connectivity index (χ1v) is 4.73. The lowest BCUT2D eigenvalue weighted by Crippen LogP contribution is -2.21. The molecule has 0 heterocycles. The van der Waals surface area contributed by atoms with E-state index in [1.165, 1.54) is 0 Å². The summed E-state index contributed by atoms with van der Waals surface area (Å²) in [5.74, 6) is 0. The maximum atomic E-state index is 12.4. The molecule has 19 heavy (non-hydrogen) atoms. The Bertz CT molecular complexity index is 543. The minimum absolute atomic E-state index is 0.472. The van der Waals surface area contributed by atoms with Gasteiger partial charge >= 0.3 is 6.18 Å². The minimum Gasteiger partial charge on any atom is -0.379 e. The van der Waals surface area contributed by atoms with Crippen molar-refractivity contribution < 1.29 is 28.1 Å². The van der Waals surface area contributed by atoms with Crippen LogP contribution in [0.15, 0.2) is 12.1 Å². The molecule has 0 unspecified atom stereocenters. The van der Waals surface area contributed by atoms with Crippen molar-refractivity contribution in [2.24, 2.45) is 0 Å². The van der Waals surface area contributed by atoms with Crippen molar-refractivity contribution in [3.63, 3.8) is 0 Å². The molecule has 0 fully saturated rings. The Balaban J connectivity index is 3.55. The number of rotatable bonds is 3. The molecule has 104 valence electrons. The average Bonchev–Trinajstić information content (AvgIpc) is 2.26. The molecular weight excluding hydrogens is 273 g/mol. The number of hydrogen-bond donors (Lipinski definition) is 1. The summed E-state index contributed by atoms with van der Waals surface area (Å²) in [7, 11) is 0. The molecular formula is C9H7F3N2O5. The second-order valence-electron chi connectivity index (χ2n) is 3.64. The van der Waals surface area contributed by atoms with Crippen molar-refractivity contribution in [1.82, 2.24) is 0 Å². The fourth-order valence-corrected chi connectivity index (χ4v) is 1.46. The number of nitro groups is 2. The normalized spacial score (nSPS) is 13.1. The van der Waals surface area contributed by atoms with E-state index in [-0.39, 0.29) is 0 Å². The van der Waals surface area contributed by atoms with E-state index in [1.54, 1.807) is 0 Å². The largest absolute Gasteiger partial charge is 0.418 e. The number of alkyl halides is 3. The molecule has 0 spiro atoms. The molecule has 1 aromatic rings. The Morgan fingerprint density at radius 3 is 2.11 bits per heavy atom. The zero-order valence-corrected chi connectivity index (χ0v) is 9.34. The van der Waals surface area contributed by atoms with E-state index in [1.807, 2.05) is 0 Å². The fraction of sp³-hybridized carbons (Fsp3) is 0.333. The van der Waals surface area contributed by atoms with Crippen molar-refractivity contribution in [3.05, 3.63) is 43.5 Å². The summed E-state index contributed by atoms with van der Waals surface area (Å²) in [5, 5.41) is 30.3. The molecule has 10 heteroatoms. The van der Waals surface area contributed by atoms with Crippen LogP contribution in [0.2, 0.25) is 0 Å². The zero-order valence-electron chi connectivity index (χ0n) is 9.34. The van der Waals surface area contributed by atoms with Gasteiger partial charge in [-0.2, -0.15) is 13.2 Å². The molecule has 1 atom stereocenters. The lowest BCUT2D eigenvalue weighted by Gasteiger charge is -2.16. The summed E-state index contributed by atoms with van der Waals surface area (Å²) in [6.07, 6.45) is -8.10. The Labute approximate surface area is 103 Å². The topological polar surface area (TPSA) is 107 Å². The molecule has 0 saturated carbocycles. The highest BCUT2D eigenvalue weighted by Crippen LogP contribution is 2.38. The molecule has 0 saturated heterocycles. The first-order chi connectivity index (χ1) is 8.55. The van der Waals surface area contributed by atoms with Crippen LogP contribution in [-0.4, -0.2) is 21.1 Å². The molecule has 0 amide bonds. The highest BCUT2D eigenvalue weighted by molar-refractivity contribution is 5.54. The lowest BCUT2D eigenvalue weighted by molar-refractivity contribution is -0.394. The van der Waals surface area contributed by atoms with E-state index < -0.39 is 44.6 Å². The third kappa shape index (κ3) is 2.96. The van der Waals surface area contributed by atoms with Crippen LogP contribution in [0.1, 0.15) is 17.2 Å². The van der Waals surface area contributed by atoms with Gasteiger partial charge in [0.2, 0.25) is 0 Å². The van der Waals surface area contributed by atoms with E-state index in [0.717, 1.165) is 6.92 Å². The number of nitrogens with zero attached hydrogens (tertiary/aromatic N) is 2. The van der Waals surface area contributed by atoms with E-state index in [4.69, 9.17) is 5.11 Å². The quantitative estimate of drug-likeness (QED) is 0.675. The summed E-state index contributed by atoms with van der Waals surface area (Å²) in [5.41, 5.74) is -3.13. The van der Waals surface area contributed by atoms with Gasteiger partial charge in [-0.25, -0.2) is 0 Å². The number of non-ortho nitro benzene ring substituents is 1. The monoisotopic (exact) mass is 280 g/mol. The maximum Gasteiger partial charge on any atom is 0.418 e. The molecule has 0 radical (unpaired) electrons. The standard InChI is InChI=1S/C9H7F3N2O5/c1-4-6(8(15)9(10,11)12)2-5(13(16)17)3-7(4)14(18)19/h2-3,8,15H,1H3/t8-/m1/s1. The van der Waals surface area contributed by atoms with Gasteiger partial charge in [0.05, 0.1) is 15.9 Å². The first-order valence-electron chi connectivity index (χ1n) is 4.73. The molecule has 1 N–H and O–H groups in total. The smallest absolute Gasteiger partial charge is 0.379 e. The molecule has 7 nitrogen and oxygen atoms in total. The number of hydrogen-bond acceptors (Lipinski definition) is 5. The molecule has 0 aliphatic carbocycles. The van der Waals surface area contributed by atoms with Gasteiger partial charge in [-0.05, 0) is 6.92 Å². The van der Waals surface area contributed by atoms with Crippen LogP contribution < -0.4 is 0 Å². The number of nitro benzene ring substituents is 2. The summed E-state index contributed by atoms with van der Waals surface area (Å²) < 4.78 is 37.2. The SMILES string of the molecule is Cc1c([C@@H](O)C(F)(F)F)cc([N+](=O)[O-])cc1[N+](=O)[O-]. The van der Waals surface area contributed by atoms with Crippen molar-refractivity contribution in [2.75, 3.05) is 0 Å². The van der Waals surface area contributed by atoms with Crippen LogP contribution in [0, 0.1) is 27.2 Å². The van der Waals surface area contributed by atoms with Crippen molar-refractivity contribution in [1.29, 1.82) is 0 Å². The van der Waals surface area contributed by atoms with Crippen LogP contribution in [0.25, 0.3) is 0 Å². The van der Waals surface area contributed by atoms with Gasteiger partial charge in [0.25, 0.3) is 11.4 Å². The van der Waals surface area contributed by atoms with Crippen molar-refractivity contribution in [2.45, 2.75) is 19.2 Å². The number of aliphatic hydroxyl groups excluding tert-OH is 1. The molecule has 0 aliphatic rings. The van der Waals surface area contributed by atoms with Gasteiger partial charge in [-0.1, -0.05) is 0 Å². The van der Waals surface area contributed by atoms with E-state index in [0.29, 0.717) is 12.1 Å². The third-order valence-corrected chi connectivity index (χ3v) is 2.42. The number of aliphatic hydroxyl groups is 1. The summed E-state index contributed by atoms with van der Waals surface area (Å²) >= 11 is 0. The summed E-state index contributed by atoms with van der Waals surface area (Å²) in [6, 6.07) is 1.02. The molecule has 0 bridgehead atoms. The zero-order chi connectivity index (χ0) is 15.0. The van der Waals surface area contributed by atoms with Crippen LogP contribution in [0.3, 0.4) is 0 Å². The van der Waals surface area contributed by atoms with E-state index >= 15 is 0 Å². The van der Waals surface area contributed by atoms with Gasteiger partial charge in [-0.15, -0.1) is 0 Å². The van der Waals surface area contributed by atoms with Crippen LogP contribution in [0.4, 0.5) is 24.5 Å². The summed E-state index contributed by atoms with van der Waals surface area (Å²) in [4.78, 5) is 19.1. The maximum absolute atomic E-state index is 12.4. The van der Waals surface area contributed by atoms with Gasteiger partial charge < -0.3 is 5.11 Å². The molecule has 0 aliphatic heterocycles. The Morgan fingerprint density at radius 1 is 1.21 bits per heavy atom. The van der Waals surface area contributed by atoms with Gasteiger partial charge in [0, 0.05) is 17.2 Å². The molecule has 1 rings (SSSR count). The highest BCUT2D eigenvalue weighted by atomic mass is 19.4. The Hall–Kier alpha value is -2.23. The molecule has 0 aromatic heterocycles. The minimum atomic E-state index is -5.08. The third-order valence-electron chi connectivity index (χ3n) is 2.42. The number of halogens is 3. The second-order valence-corrected chi connectivity index (χ2v) is 3.64. The van der Waals surface area contributed by atoms with Crippen molar-refractivity contribution >= 4 is 11.4 Å². The lowest BCUT2D eigenvalue weighted by atomic mass is 10.0. The predicted octanol–water partition coefficient (Wildman–Crippen LogP) is 2.41. The average molecular weight is 280 g/mol. The Kier molecular flexibility index (Phi) is 3.75. The van der Waals surface area contributed by atoms with E-state index in [9.17, 15) is 33.4 Å². The fourth-order valence-electron chi connectivity index (χ4n) is 1.46. The van der Waals surface area contributed by atoms with Gasteiger partial charge in [0.15, 0.2) is 6.10 Å². The van der Waals surface area contributed by atoms with Crippen LogP contribution in [0.5, 0.6) is 0 Å². The molecule has 1 aromatic carbocycles. The number of benzene rings is 1. The first kappa shape index (κ1) is 14.8. The van der Waals surface area contributed by atoms with Gasteiger partial charge in [-0.3, -0.25) is 20.2 Å². The highest BCUT2D eigenvalue weighted by Gasteiger charge is 2.42. The predicted molar refractivity (Wildman–Crippen MR) is 55.5 cm³/mol.